The quantitative estimate of drug-likeness (QED) is 0.0184. The third-order valence-corrected chi connectivity index (χ3v) is 9.42. The number of aliphatic hydroxyl groups is 1. The summed E-state index contributed by atoms with van der Waals surface area (Å²) in [7, 11) is -4.78. The number of ether oxygens (including phenoxy) is 2. The smallest absolute Gasteiger partial charge is 0.462 e. The fourth-order valence-electron chi connectivity index (χ4n) is 5.74. The van der Waals surface area contributed by atoms with E-state index in [4.69, 9.17) is 19.3 Å². The van der Waals surface area contributed by atoms with Crippen LogP contribution in [0, 0.1) is 0 Å². The molecular formula is C43H77O9P. The number of hydrogen-bond donors (Lipinski definition) is 3. The summed E-state index contributed by atoms with van der Waals surface area (Å²) < 4.78 is 26.3. The first-order chi connectivity index (χ1) is 25.7. The van der Waals surface area contributed by atoms with Gasteiger partial charge in [-0.25, -0.2) is 4.57 Å². The van der Waals surface area contributed by atoms with Crippen LogP contribution in [0.5, 0.6) is 0 Å². The van der Waals surface area contributed by atoms with Gasteiger partial charge in [0.15, 0.2) is 6.10 Å². The van der Waals surface area contributed by atoms with Crippen molar-refractivity contribution in [2.75, 3.05) is 13.2 Å². The number of hydrogen-bond acceptors (Lipinski definition) is 7. The standard InChI is InChI=1S/C43H77O9P/c1-3-5-7-9-11-12-13-14-15-16-17-18-19-20-25-29-33-37-43(46)52-41(39-51-53(47,48)49)38-50-42(45)36-32-28-24-22-21-23-27-31-35-40(44)34-30-26-10-8-6-4-2/h22-24,26-27,30-31,35,40-41,44H,3-21,25,28-29,32-34,36-39H2,1-2H3,(H2,47,48,49)/b24-22-,27-23-,30-26-,35-31+/t40-,41-/m1/s1. The Hall–Kier alpha value is -2.03. The lowest BCUT2D eigenvalue weighted by atomic mass is 10.0. The van der Waals surface area contributed by atoms with Crippen molar-refractivity contribution >= 4 is 19.8 Å². The molecule has 0 amide bonds. The summed E-state index contributed by atoms with van der Waals surface area (Å²) in [6, 6.07) is 0. The zero-order chi connectivity index (χ0) is 39.1. The van der Waals surface area contributed by atoms with Crippen molar-refractivity contribution in [3.05, 3.63) is 48.6 Å². The first-order valence-electron chi connectivity index (χ1n) is 21.0. The fraction of sp³-hybridized carbons (Fsp3) is 0.767. The van der Waals surface area contributed by atoms with Crippen molar-refractivity contribution in [2.45, 2.75) is 199 Å². The number of rotatable bonds is 38. The van der Waals surface area contributed by atoms with Gasteiger partial charge in [-0.1, -0.05) is 178 Å². The highest BCUT2D eigenvalue weighted by molar-refractivity contribution is 7.46. The van der Waals surface area contributed by atoms with Crippen LogP contribution in [0.4, 0.5) is 0 Å². The molecule has 0 aliphatic heterocycles. The van der Waals surface area contributed by atoms with Crippen LogP contribution < -0.4 is 0 Å². The van der Waals surface area contributed by atoms with Crippen molar-refractivity contribution in [3.63, 3.8) is 0 Å². The number of phosphoric acid groups is 1. The molecule has 0 saturated carbocycles. The minimum atomic E-state index is -4.78. The molecule has 10 heteroatoms. The van der Waals surface area contributed by atoms with Crippen LogP contribution in [0.25, 0.3) is 0 Å². The summed E-state index contributed by atoms with van der Waals surface area (Å²) in [4.78, 5) is 42.8. The van der Waals surface area contributed by atoms with Gasteiger partial charge in [-0.3, -0.25) is 14.1 Å². The molecule has 0 radical (unpaired) electrons. The Morgan fingerprint density at radius 3 is 1.68 bits per heavy atom. The largest absolute Gasteiger partial charge is 0.469 e. The fourth-order valence-corrected chi connectivity index (χ4v) is 6.10. The van der Waals surface area contributed by atoms with E-state index in [1.54, 1.807) is 6.08 Å². The Labute approximate surface area is 323 Å². The van der Waals surface area contributed by atoms with Crippen LogP contribution in [0.15, 0.2) is 48.6 Å². The van der Waals surface area contributed by atoms with E-state index in [9.17, 15) is 19.3 Å². The minimum Gasteiger partial charge on any atom is -0.462 e. The summed E-state index contributed by atoms with van der Waals surface area (Å²) >= 11 is 0. The number of unbranched alkanes of at least 4 members (excludes halogenated alkanes) is 20. The Morgan fingerprint density at radius 1 is 0.585 bits per heavy atom. The van der Waals surface area contributed by atoms with Gasteiger partial charge >= 0.3 is 19.8 Å². The summed E-state index contributed by atoms with van der Waals surface area (Å²) in [6.45, 7) is 3.54. The van der Waals surface area contributed by atoms with E-state index in [0.29, 0.717) is 25.7 Å². The molecule has 0 aromatic heterocycles. The van der Waals surface area contributed by atoms with E-state index in [1.165, 1.54) is 103 Å². The second-order valence-corrected chi connectivity index (χ2v) is 15.4. The van der Waals surface area contributed by atoms with E-state index in [-0.39, 0.29) is 19.4 Å². The first kappa shape index (κ1) is 51.0. The van der Waals surface area contributed by atoms with Crippen LogP contribution in [-0.4, -0.2) is 52.3 Å². The highest BCUT2D eigenvalue weighted by Crippen LogP contribution is 2.36. The van der Waals surface area contributed by atoms with Crippen LogP contribution >= 0.6 is 7.82 Å². The molecule has 0 aliphatic carbocycles. The number of carbonyl (C=O) groups is 2. The second-order valence-electron chi connectivity index (χ2n) is 14.2. The van der Waals surface area contributed by atoms with Gasteiger partial charge < -0.3 is 24.4 Å². The molecule has 308 valence electrons. The molecule has 9 nitrogen and oxygen atoms in total. The van der Waals surface area contributed by atoms with Gasteiger partial charge in [-0.15, -0.1) is 0 Å². The van der Waals surface area contributed by atoms with Crippen LogP contribution in [0.1, 0.15) is 187 Å². The third-order valence-electron chi connectivity index (χ3n) is 8.93. The Morgan fingerprint density at radius 2 is 1.09 bits per heavy atom. The third kappa shape index (κ3) is 41.0. The molecule has 0 heterocycles. The minimum absolute atomic E-state index is 0.160. The molecular weight excluding hydrogens is 691 g/mol. The summed E-state index contributed by atoms with van der Waals surface area (Å²) in [5.74, 6) is -0.985. The molecule has 0 spiro atoms. The molecule has 0 bridgehead atoms. The van der Waals surface area contributed by atoms with Gasteiger partial charge in [-0.2, -0.15) is 0 Å². The van der Waals surface area contributed by atoms with Gasteiger partial charge in [0.1, 0.15) is 6.61 Å². The zero-order valence-electron chi connectivity index (χ0n) is 33.5. The first-order valence-corrected chi connectivity index (χ1v) is 22.6. The van der Waals surface area contributed by atoms with Crippen molar-refractivity contribution in [2.24, 2.45) is 0 Å². The van der Waals surface area contributed by atoms with Gasteiger partial charge in [0.25, 0.3) is 0 Å². The van der Waals surface area contributed by atoms with Crippen molar-refractivity contribution in [1.29, 1.82) is 0 Å². The summed E-state index contributed by atoms with van der Waals surface area (Å²) in [5.41, 5.74) is 0. The van der Waals surface area contributed by atoms with Crippen molar-refractivity contribution in [1.82, 2.24) is 0 Å². The molecule has 3 N–H and O–H groups in total. The SMILES string of the molecule is CCCCC/C=C\C[C@@H](O)/C=C/C=C\C/C=C\CCCC(=O)OC[C@H](COP(=O)(O)O)OC(=O)CCCCCCCCCCCCCCCCCCC. The molecule has 2 atom stereocenters. The van der Waals surface area contributed by atoms with Crippen LogP contribution in [-0.2, 0) is 28.2 Å². The highest BCUT2D eigenvalue weighted by atomic mass is 31.2. The second kappa shape index (κ2) is 38.3. The van der Waals surface area contributed by atoms with Gasteiger partial charge in [-0.05, 0) is 44.9 Å². The van der Waals surface area contributed by atoms with E-state index in [2.05, 4.69) is 24.4 Å². The monoisotopic (exact) mass is 769 g/mol. The number of allylic oxidation sites excluding steroid dienone is 6. The normalized spacial score (nSPS) is 13.5. The van der Waals surface area contributed by atoms with Crippen LogP contribution in [0.3, 0.4) is 0 Å². The van der Waals surface area contributed by atoms with Crippen molar-refractivity contribution < 1.29 is 43.0 Å². The number of carbonyl (C=O) groups excluding carboxylic acids is 2. The van der Waals surface area contributed by atoms with E-state index < -0.39 is 38.6 Å². The molecule has 0 unspecified atom stereocenters. The maximum absolute atomic E-state index is 12.4. The zero-order valence-corrected chi connectivity index (χ0v) is 34.4. The lowest BCUT2D eigenvalue weighted by Crippen LogP contribution is -2.29. The maximum Gasteiger partial charge on any atom is 0.469 e. The average Bonchev–Trinajstić information content (AvgIpc) is 3.12. The summed E-state index contributed by atoms with van der Waals surface area (Å²) in [5, 5.41) is 9.99. The predicted molar refractivity (Wildman–Crippen MR) is 217 cm³/mol. The molecule has 0 aromatic carbocycles. The van der Waals surface area contributed by atoms with E-state index in [0.717, 1.165) is 32.1 Å². The molecule has 0 rings (SSSR count). The number of esters is 2. The Kier molecular flexibility index (Phi) is 36.8. The molecule has 0 aromatic rings. The molecule has 0 fully saturated rings. The van der Waals surface area contributed by atoms with Crippen LogP contribution in [0.2, 0.25) is 0 Å². The highest BCUT2D eigenvalue weighted by Gasteiger charge is 2.22. The molecule has 0 aliphatic rings. The number of aliphatic hydroxyl groups excluding tert-OH is 1. The predicted octanol–water partition coefficient (Wildman–Crippen LogP) is 11.7. The molecule has 53 heavy (non-hydrogen) atoms. The van der Waals surface area contributed by atoms with E-state index >= 15 is 0 Å². The topological polar surface area (TPSA) is 140 Å². The Bertz CT molecular complexity index is 1020. The van der Waals surface area contributed by atoms with Crippen molar-refractivity contribution in [3.8, 4) is 0 Å². The average molecular weight is 769 g/mol. The lowest BCUT2D eigenvalue weighted by Gasteiger charge is -2.18. The Balaban J connectivity index is 4.06. The maximum atomic E-state index is 12.4. The van der Waals surface area contributed by atoms with Gasteiger partial charge in [0, 0.05) is 12.8 Å². The lowest BCUT2D eigenvalue weighted by molar-refractivity contribution is -0.161. The number of phosphoric ester groups is 1. The molecule has 0 saturated heterocycles. The van der Waals surface area contributed by atoms with Gasteiger partial charge in [0.05, 0.1) is 12.7 Å². The van der Waals surface area contributed by atoms with Gasteiger partial charge in [0.2, 0.25) is 0 Å². The van der Waals surface area contributed by atoms with E-state index in [1.807, 2.05) is 36.5 Å². The summed E-state index contributed by atoms with van der Waals surface area (Å²) in [6.07, 6.45) is 42.9.